The van der Waals surface area contributed by atoms with E-state index in [1.54, 1.807) is 14.2 Å². The molecule has 0 bridgehead atoms. The molecule has 0 amide bonds. The lowest BCUT2D eigenvalue weighted by molar-refractivity contribution is 0.306. The van der Waals surface area contributed by atoms with Crippen LogP contribution >= 0.6 is 0 Å². The van der Waals surface area contributed by atoms with E-state index < -0.39 is 0 Å². The Kier molecular flexibility index (Phi) is 7.55. The van der Waals surface area contributed by atoms with Gasteiger partial charge in [0.2, 0.25) is 0 Å². The number of nitrogens with zero attached hydrogens (tertiary/aromatic N) is 1. The second kappa shape index (κ2) is 10.8. The number of rotatable bonds is 9. The highest BCUT2D eigenvalue weighted by atomic mass is 16.5. The molecule has 156 valence electrons. The monoisotopic (exact) mass is 405 g/mol. The van der Waals surface area contributed by atoms with Crippen molar-refractivity contribution in [3.05, 3.63) is 89.5 Å². The van der Waals surface area contributed by atoms with Gasteiger partial charge in [0.05, 0.1) is 20.8 Å². The van der Waals surface area contributed by atoms with E-state index in [4.69, 9.17) is 19.9 Å². The van der Waals surface area contributed by atoms with Crippen molar-refractivity contribution in [3.63, 3.8) is 0 Å². The fourth-order valence-corrected chi connectivity index (χ4v) is 2.92. The van der Waals surface area contributed by atoms with Crippen molar-refractivity contribution in [1.82, 2.24) is 5.32 Å². The number of guanidine groups is 1. The number of methoxy groups -OCH3 is 2. The Balaban J connectivity index is 1.52. The van der Waals surface area contributed by atoms with Crippen LogP contribution in [0.2, 0.25) is 0 Å². The fraction of sp³-hybridized carbons (Fsp3) is 0.208. The van der Waals surface area contributed by atoms with E-state index in [2.05, 4.69) is 16.4 Å². The third kappa shape index (κ3) is 6.17. The van der Waals surface area contributed by atoms with Gasteiger partial charge >= 0.3 is 0 Å². The van der Waals surface area contributed by atoms with Gasteiger partial charge in [-0.25, -0.2) is 4.99 Å². The predicted octanol–water partition coefficient (Wildman–Crippen LogP) is 3.89. The van der Waals surface area contributed by atoms with Gasteiger partial charge in [-0.05, 0) is 41.0 Å². The molecule has 0 atom stereocenters. The lowest BCUT2D eigenvalue weighted by Gasteiger charge is -2.11. The zero-order chi connectivity index (χ0) is 21.2. The van der Waals surface area contributed by atoms with Crippen molar-refractivity contribution in [3.8, 4) is 17.2 Å². The topological polar surface area (TPSA) is 78.1 Å². The summed E-state index contributed by atoms with van der Waals surface area (Å²) in [5, 5.41) is 3.13. The minimum atomic E-state index is 0.385. The minimum Gasteiger partial charge on any atom is -0.493 e. The molecule has 0 unspecified atom stereocenters. The lowest BCUT2D eigenvalue weighted by atomic mass is 10.1. The Morgan fingerprint density at radius 3 is 2.37 bits per heavy atom. The molecule has 6 heteroatoms. The number of hydrogen-bond donors (Lipinski definition) is 2. The summed E-state index contributed by atoms with van der Waals surface area (Å²) in [7, 11) is 3.23. The van der Waals surface area contributed by atoms with Crippen LogP contribution in [0.3, 0.4) is 0 Å². The molecule has 0 radical (unpaired) electrons. The van der Waals surface area contributed by atoms with Crippen molar-refractivity contribution < 1.29 is 14.2 Å². The maximum absolute atomic E-state index is 6.03. The molecule has 0 spiro atoms. The molecule has 30 heavy (non-hydrogen) atoms. The van der Waals surface area contributed by atoms with Gasteiger partial charge in [-0.2, -0.15) is 0 Å². The Hall–Kier alpha value is -3.67. The third-order valence-electron chi connectivity index (χ3n) is 4.49. The standard InChI is InChI=1S/C24H27N3O3/c1-28-22-12-11-19(14-23(22)29-2)16-27-24(25)26-15-18-7-6-8-20(13-18)17-30-21-9-4-3-5-10-21/h3-14H,15-17H2,1-2H3,(H3,25,26,27). The summed E-state index contributed by atoms with van der Waals surface area (Å²) in [5.41, 5.74) is 9.20. The molecular formula is C24H27N3O3. The predicted molar refractivity (Wildman–Crippen MR) is 119 cm³/mol. The summed E-state index contributed by atoms with van der Waals surface area (Å²) in [6.45, 7) is 1.54. The minimum absolute atomic E-state index is 0.385. The number of benzene rings is 3. The van der Waals surface area contributed by atoms with E-state index in [0.29, 0.717) is 37.2 Å². The summed E-state index contributed by atoms with van der Waals surface area (Å²) in [4.78, 5) is 4.43. The van der Waals surface area contributed by atoms with Crippen molar-refractivity contribution in [2.45, 2.75) is 19.7 Å². The molecule has 0 aliphatic carbocycles. The summed E-state index contributed by atoms with van der Waals surface area (Å²) in [6.07, 6.45) is 0. The molecule has 6 nitrogen and oxygen atoms in total. The Bertz CT molecular complexity index is 974. The van der Waals surface area contributed by atoms with Crippen molar-refractivity contribution >= 4 is 5.96 Å². The average Bonchev–Trinajstić information content (AvgIpc) is 2.80. The van der Waals surface area contributed by atoms with Crippen LogP contribution in [0.4, 0.5) is 0 Å². The van der Waals surface area contributed by atoms with Crippen LogP contribution in [-0.4, -0.2) is 20.2 Å². The van der Waals surface area contributed by atoms with Gasteiger partial charge in [0.25, 0.3) is 0 Å². The molecule has 0 aliphatic rings. The molecular weight excluding hydrogens is 378 g/mol. The van der Waals surface area contributed by atoms with Crippen LogP contribution < -0.4 is 25.3 Å². The maximum atomic E-state index is 6.03. The average molecular weight is 405 g/mol. The van der Waals surface area contributed by atoms with Gasteiger partial charge in [0.15, 0.2) is 17.5 Å². The highest BCUT2D eigenvalue weighted by Gasteiger charge is 2.05. The van der Waals surface area contributed by atoms with E-state index in [9.17, 15) is 0 Å². The highest BCUT2D eigenvalue weighted by molar-refractivity contribution is 5.77. The van der Waals surface area contributed by atoms with E-state index >= 15 is 0 Å². The van der Waals surface area contributed by atoms with Crippen LogP contribution in [0, 0.1) is 0 Å². The van der Waals surface area contributed by atoms with Gasteiger partial charge in [0, 0.05) is 6.54 Å². The van der Waals surface area contributed by atoms with Crippen molar-refractivity contribution in [2.24, 2.45) is 10.7 Å². The highest BCUT2D eigenvalue weighted by Crippen LogP contribution is 2.27. The Morgan fingerprint density at radius 2 is 1.60 bits per heavy atom. The molecule has 3 N–H and O–H groups in total. The number of para-hydroxylation sites is 1. The third-order valence-corrected chi connectivity index (χ3v) is 4.49. The molecule has 0 saturated carbocycles. The summed E-state index contributed by atoms with van der Waals surface area (Å²) < 4.78 is 16.4. The van der Waals surface area contributed by atoms with Crippen LogP contribution in [0.25, 0.3) is 0 Å². The SMILES string of the molecule is COc1ccc(CNC(N)=NCc2cccc(COc3ccccc3)c2)cc1OC. The quantitative estimate of drug-likeness (QED) is 0.417. The second-order valence-corrected chi connectivity index (χ2v) is 6.67. The molecule has 0 aliphatic heterocycles. The van der Waals surface area contributed by atoms with Crippen LogP contribution in [0.5, 0.6) is 17.2 Å². The summed E-state index contributed by atoms with van der Waals surface area (Å²) >= 11 is 0. The number of aliphatic imine (C=N–C) groups is 1. The lowest BCUT2D eigenvalue weighted by Crippen LogP contribution is -2.31. The van der Waals surface area contributed by atoms with E-state index in [0.717, 1.165) is 22.4 Å². The van der Waals surface area contributed by atoms with E-state index in [1.807, 2.05) is 66.7 Å². The van der Waals surface area contributed by atoms with Gasteiger partial charge < -0.3 is 25.3 Å². The molecule has 3 aromatic rings. The van der Waals surface area contributed by atoms with Gasteiger partial charge in [0.1, 0.15) is 12.4 Å². The molecule has 0 aromatic heterocycles. The molecule has 0 saturated heterocycles. The Morgan fingerprint density at radius 1 is 0.833 bits per heavy atom. The molecule has 3 aromatic carbocycles. The first-order valence-corrected chi connectivity index (χ1v) is 9.68. The van der Waals surface area contributed by atoms with Gasteiger partial charge in [-0.15, -0.1) is 0 Å². The summed E-state index contributed by atoms with van der Waals surface area (Å²) in [6, 6.07) is 23.6. The zero-order valence-electron chi connectivity index (χ0n) is 17.3. The first kappa shape index (κ1) is 21.0. The Labute approximate surface area is 177 Å². The van der Waals surface area contributed by atoms with Gasteiger partial charge in [-0.1, -0.05) is 48.5 Å². The van der Waals surface area contributed by atoms with Crippen LogP contribution in [0.15, 0.2) is 77.8 Å². The normalized spacial score (nSPS) is 11.1. The smallest absolute Gasteiger partial charge is 0.189 e. The van der Waals surface area contributed by atoms with Crippen LogP contribution in [-0.2, 0) is 19.7 Å². The van der Waals surface area contributed by atoms with Crippen molar-refractivity contribution in [1.29, 1.82) is 0 Å². The zero-order valence-corrected chi connectivity index (χ0v) is 17.3. The van der Waals surface area contributed by atoms with E-state index in [-0.39, 0.29) is 0 Å². The molecule has 0 heterocycles. The molecule has 3 rings (SSSR count). The van der Waals surface area contributed by atoms with Gasteiger partial charge in [-0.3, -0.25) is 0 Å². The first-order valence-electron chi connectivity index (χ1n) is 9.68. The largest absolute Gasteiger partial charge is 0.493 e. The van der Waals surface area contributed by atoms with E-state index in [1.165, 1.54) is 0 Å². The summed E-state index contributed by atoms with van der Waals surface area (Å²) in [5.74, 6) is 2.61. The fourth-order valence-electron chi connectivity index (χ4n) is 2.92. The maximum Gasteiger partial charge on any atom is 0.189 e. The van der Waals surface area contributed by atoms with Crippen molar-refractivity contribution in [2.75, 3.05) is 14.2 Å². The first-order chi connectivity index (χ1) is 14.7. The number of nitrogens with one attached hydrogen (secondary N) is 1. The number of nitrogens with two attached hydrogens (primary N) is 1. The van der Waals surface area contributed by atoms with Crippen LogP contribution in [0.1, 0.15) is 16.7 Å². The number of ether oxygens (including phenoxy) is 3. The number of hydrogen-bond acceptors (Lipinski definition) is 4. The second-order valence-electron chi connectivity index (χ2n) is 6.67. The molecule has 0 fully saturated rings.